The maximum Gasteiger partial charge on any atom is 0.161 e. The van der Waals surface area contributed by atoms with Gasteiger partial charge in [-0.1, -0.05) is 127 Å². The van der Waals surface area contributed by atoms with Crippen molar-refractivity contribution in [2.45, 2.75) is 0 Å². The first-order valence-electron chi connectivity index (χ1n) is 14.8. The molecule has 0 aliphatic carbocycles. The Balaban J connectivity index is 1.37. The number of rotatable bonds is 4. The van der Waals surface area contributed by atoms with E-state index >= 15 is 0 Å². The van der Waals surface area contributed by atoms with Gasteiger partial charge in [-0.3, -0.25) is 0 Å². The van der Waals surface area contributed by atoms with E-state index in [1.807, 2.05) is 23.5 Å². The quantitative estimate of drug-likeness (QED) is 0.208. The molecular formula is C40H25N3S. The lowest BCUT2D eigenvalue weighted by Crippen LogP contribution is -1.96. The molecule has 0 aliphatic heterocycles. The van der Waals surface area contributed by atoms with Crippen molar-refractivity contribution in [3.05, 3.63) is 152 Å². The largest absolute Gasteiger partial charge is 0.307 e. The Morgan fingerprint density at radius 3 is 1.75 bits per heavy atom. The molecule has 3 aromatic heterocycles. The lowest BCUT2D eigenvalue weighted by Gasteiger charge is -2.11. The Morgan fingerprint density at radius 1 is 0.455 bits per heavy atom. The van der Waals surface area contributed by atoms with E-state index in [1.54, 1.807) is 0 Å². The maximum absolute atomic E-state index is 5.18. The third-order valence-electron chi connectivity index (χ3n) is 8.40. The van der Waals surface area contributed by atoms with Gasteiger partial charge in [0, 0.05) is 43.2 Å². The first-order valence-corrected chi connectivity index (χ1v) is 15.6. The van der Waals surface area contributed by atoms with Crippen LogP contribution in [0.2, 0.25) is 0 Å². The van der Waals surface area contributed by atoms with Crippen molar-refractivity contribution in [2.24, 2.45) is 0 Å². The van der Waals surface area contributed by atoms with Gasteiger partial charge in [-0.2, -0.15) is 0 Å². The van der Waals surface area contributed by atoms with Gasteiger partial charge in [0.25, 0.3) is 0 Å². The summed E-state index contributed by atoms with van der Waals surface area (Å²) in [6, 6.07) is 53.4. The van der Waals surface area contributed by atoms with E-state index in [0.29, 0.717) is 0 Å². The van der Waals surface area contributed by atoms with Gasteiger partial charge < -0.3 is 4.57 Å². The lowest BCUT2D eigenvalue weighted by molar-refractivity contribution is 1.19. The molecule has 9 aromatic rings. The van der Waals surface area contributed by atoms with Crippen LogP contribution in [-0.2, 0) is 0 Å². The van der Waals surface area contributed by atoms with Gasteiger partial charge in [0.2, 0.25) is 0 Å². The summed E-state index contributed by atoms with van der Waals surface area (Å²) in [5, 5.41) is 4.97. The molecule has 0 aliphatic rings. The number of hydrogen-bond acceptors (Lipinski definition) is 3. The Morgan fingerprint density at radius 2 is 1.05 bits per heavy atom. The van der Waals surface area contributed by atoms with Crippen LogP contribution in [-0.4, -0.2) is 14.5 Å². The molecule has 0 amide bonds. The highest BCUT2D eigenvalue weighted by molar-refractivity contribution is 7.27. The zero-order chi connectivity index (χ0) is 29.0. The number of aromatic nitrogens is 3. The summed E-state index contributed by atoms with van der Waals surface area (Å²) in [5.41, 5.74) is 8.66. The molecule has 6 aromatic carbocycles. The predicted octanol–water partition coefficient (Wildman–Crippen LogP) is 10.9. The Bertz CT molecular complexity index is 2420. The average Bonchev–Trinajstić information content (AvgIpc) is 3.64. The molecule has 0 fully saturated rings. The van der Waals surface area contributed by atoms with Crippen LogP contribution in [0.5, 0.6) is 0 Å². The Labute approximate surface area is 258 Å². The number of para-hydroxylation sites is 1. The molecule has 4 heteroatoms. The number of nitrogens with zero attached hydrogens (tertiary/aromatic N) is 3. The van der Waals surface area contributed by atoms with E-state index in [4.69, 9.17) is 9.97 Å². The molecule has 9 rings (SSSR count). The van der Waals surface area contributed by atoms with Crippen LogP contribution in [0.25, 0.3) is 81.6 Å². The molecular weight excluding hydrogens is 555 g/mol. The van der Waals surface area contributed by atoms with Crippen molar-refractivity contribution < 1.29 is 0 Å². The monoisotopic (exact) mass is 579 g/mol. The number of thiophene rings is 1. The van der Waals surface area contributed by atoms with Crippen LogP contribution < -0.4 is 0 Å². The number of fused-ring (bicyclic) bond motifs is 7. The van der Waals surface area contributed by atoms with Gasteiger partial charge >= 0.3 is 0 Å². The van der Waals surface area contributed by atoms with Crippen molar-refractivity contribution in [1.29, 1.82) is 0 Å². The normalized spacial score (nSPS) is 11.6. The molecule has 206 valence electrons. The van der Waals surface area contributed by atoms with Gasteiger partial charge in [-0.25, -0.2) is 9.97 Å². The summed E-state index contributed by atoms with van der Waals surface area (Å²) >= 11 is 1.84. The van der Waals surface area contributed by atoms with Crippen molar-refractivity contribution in [3.8, 4) is 39.6 Å². The van der Waals surface area contributed by atoms with Crippen LogP contribution >= 0.6 is 11.3 Å². The Hall–Kier alpha value is -5.58. The fourth-order valence-corrected chi connectivity index (χ4v) is 7.72. The zero-order valence-electron chi connectivity index (χ0n) is 23.7. The van der Waals surface area contributed by atoms with Gasteiger partial charge in [-0.05, 0) is 29.7 Å². The summed E-state index contributed by atoms with van der Waals surface area (Å²) in [4.78, 5) is 10.4. The van der Waals surface area contributed by atoms with Gasteiger partial charge in [0.15, 0.2) is 5.82 Å². The van der Waals surface area contributed by atoms with E-state index in [2.05, 4.69) is 144 Å². The SMILES string of the molecule is c1ccc(-c2cc(-c3ccccc3)nc(-c3cccc4c3sc3c5ccc6ccccc6c5n(-c5ccccc5)c43)n2)cc1. The molecule has 3 heterocycles. The van der Waals surface area contributed by atoms with Gasteiger partial charge in [0.1, 0.15) is 0 Å². The molecule has 0 bridgehead atoms. The summed E-state index contributed by atoms with van der Waals surface area (Å²) in [7, 11) is 0. The molecule has 0 saturated carbocycles. The van der Waals surface area contributed by atoms with Crippen molar-refractivity contribution in [1.82, 2.24) is 14.5 Å². The lowest BCUT2D eigenvalue weighted by atomic mass is 10.1. The molecule has 0 N–H and O–H groups in total. The van der Waals surface area contributed by atoms with Gasteiger partial charge in [-0.15, -0.1) is 11.3 Å². The maximum atomic E-state index is 5.18. The summed E-state index contributed by atoms with van der Waals surface area (Å²) in [5.74, 6) is 0.737. The smallest absolute Gasteiger partial charge is 0.161 e. The summed E-state index contributed by atoms with van der Waals surface area (Å²) in [6.07, 6.45) is 0. The molecule has 0 radical (unpaired) electrons. The van der Waals surface area contributed by atoms with Crippen molar-refractivity contribution in [2.75, 3.05) is 0 Å². The van der Waals surface area contributed by atoms with E-state index in [9.17, 15) is 0 Å². The fourth-order valence-electron chi connectivity index (χ4n) is 6.39. The zero-order valence-corrected chi connectivity index (χ0v) is 24.5. The second-order valence-electron chi connectivity index (χ2n) is 11.0. The third-order valence-corrected chi connectivity index (χ3v) is 9.66. The first-order chi connectivity index (χ1) is 21.8. The molecule has 44 heavy (non-hydrogen) atoms. The van der Waals surface area contributed by atoms with Crippen molar-refractivity contribution in [3.63, 3.8) is 0 Å². The molecule has 0 saturated heterocycles. The van der Waals surface area contributed by atoms with Crippen LogP contribution in [0.4, 0.5) is 0 Å². The van der Waals surface area contributed by atoms with E-state index in [0.717, 1.165) is 39.6 Å². The minimum atomic E-state index is 0.737. The minimum absolute atomic E-state index is 0.737. The van der Waals surface area contributed by atoms with E-state index < -0.39 is 0 Å². The highest BCUT2D eigenvalue weighted by Crippen LogP contribution is 2.46. The minimum Gasteiger partial charge on any atom is -0.307 e. The first kappa shape index (κ1) is 25.0. The summed E-state index contributed by atoms with van der Waals surface area (Å²) in [6.45, 7) is 0. The van der Waals surface area contributed by atoms with E-state index in [-0.39, 0.29) is 0 Å². The molecule has 0 spiro atoms. The van der Waals surface area contributed by atoms with Crippen molar-refractivity contribution >= 4 is 53.3 Å². The van der Waals surface area contributed by atoms with E-state index in [1.165, 1.54) is 42.0 Å². The average molecular weight is 580 g/mol. The molecule has 3 nitrogen and oxygen atoms in total. The molecule has 0 atom stereocenters. The molecule has 0 unspecified atom stereocenters. The third kappa shape index (κ3) is 3.89. The van der Waals surface area contributed by atoms with Crippen LogP contribution in [0.3, 0.4) is 0 Å². The topological polar surface area (TPSA) is 30.7 Å². The van der Waals surface area contributed by atoms with Crippen LogP contribution in [0, 0.1) is 0 Å². The highest BCUT2D eigenvalue weighted by Gasteiger charge is 2.22. The highest BCUT2D eigenvalue weighted by atomic mass is 32.1. The standard InChI is InChI=1S/C40H25N3S/c1-4-14-27(15-5-1)34-25-35(28-16-6-2-7-17-28)42-40(41-34)33-22-12-21-31-37-39(44-38(31)33)32-24-23-26-13-10-11-20-30(26)36(32)43(37)29-18-8-3-9-19-29/h1-25H. The predicted molar refractivity (Wildman–Crippen MR) is 186 cm³/mol. The Kier molecular flexibility index (Phi) is 5.68. The second-order valence-corrected chi connectivity index (χ2v) is 12.0. The summed E-state index contributed by atoms with van der Waals surface area (Å²) < 4.78 is 4.92. The van der Waals surface area contributed by atoms with Crippen LogP contribution in [0.15, 0.2) is 152 Å². The fraction of sp³-hybridized carbons (Fsp3) is 0. The number of hydrogen-bond donors (Lipinski definition) is 0. The number of benzene rings is 6. The van der Waals surface area contributed by atoms with Crippen LogP contribution in [0.1, 0.15) is 0 Å². The van der Waals surface area contributed by atoms with Gasteiger partial charge in [0.05, 0.1) is 27.1 Å². The second kappa shape index (κ2) is 10.0.